The first-order valence-corrected chi connectivity index (χ1v) is 6.11. The number of ether oxygens (including phenoxy) is 2. The third-order valence-electron chi connectivity index (χ3n) is 1.42. The molecule has 0 aromatic heterocycles. The van der Waals surface area contributed by atoms with Gasteiger partial charge in [-0.3, -0.25) is 4.79 Å². The SMILES string of the molecule is CC(C)(C)OC(N)=O.CC(CC(=O)O)OC(C)(C)C. The third-order valence-corrected chi connectivity index (χ3v) is 1.42. The Morgan fingerprint density at radius 3 is 1.68 bits per heavy atom. The summed E-state index contributed by atoms with van der Waals surface area (Å²) in [6.45, 7) is 12.8. The second-order valence-electron chi connectivity index (χ2n) is 6.17. The lowest BCUT2D eigenvalue weighted by Gasteiger charge is -2.23. The molecule has 0 saturated carbocycles. The standard InChI is InChI=1S/C8H16O3.C5H11NO2/c1-6(5-7(9)10)11-8(2,3)4;1-5(2,3)8-4(6)7/h6H,5H2,1-4H3,(H,9,10);1-3H3,(H2,6,7). The van der Waals surface area contributed by atoms with Crippen molar-refractivity contribution in [1.29, 1.82) is 0 Å². The molecule has 0 bridgehead atoms. The van der Waals surface area contributed by atoms with E-state index < -0.39 is 17.7 Å². The predicted octanol–water partition coefficient (Wildman–Crippen LogP) is 2.54. The van der Waals surface area contributed by atoms with Crippen molar-refractivity contribution in [3.8, 4) is 0 Å². The first kappa shape index (κ1) is 20.0. The van der Waals surface area contributed by atoms with Crippen LogP contribution in [0.2, 0.25) is 0 Å². The van der Waals surface area contributed by atoms with Crippen molar-refractivity contribution in [3.05, 3.63) is 0 Å². The smallest absolute Gasteiger partial charge is 0.405 e. The van der Waals surface area contributed by atoms with Gasteiger partial charge in [0.2, 0.25) is 0 Å². The molecule has 0 aromatic carbocycles. The zero-order valence-corrected chi connectivity index (χ0v) is 12.9. The molecule has 0 saturated heterocycles. The summed E-state index contributed by atoms with van der Waals surface area (Å²) in [6.07, 6.45) is -0.873. The molecule has 0 aromatic rings. The van der Waals surface area contributed by atoms with Gasteiger partial charge in [-0.25, -0.2) is 4.79 Å². The van der Waals surface area contributed by atoms with Gasteiger partial charge in [0.05, 0.1) is 18.1 Å². The highest BCUT2D eigenvalue weighted by molar-refractivity contribution is 5.67. The van der Waals surface area contributed by atoms with Crippen LogP contribution >= 0.6 is 0 Å². The molecule has 114 valence electrons. The highest BCUT2D eigenvalue weighted by Crippen LogP contribution is 2.12. The molecular weight excluding hydrogens is 250 g/mol. The van der Waals surface area contributed by atoms with Gasteiger partial charge in [0.1, 0.15) is 5.60 Å². The molecule has 0 aliphatic rings. The number of aliphatic carboxylic acids is 1. The Kier molecular flexibility index (Phi) is 8.42. The van der Waals surface area contributed by atoms with Crippen LogP contribution in [0.3, 0.4) is 0 Å². The number of carboxylic acids is 1. The first-order valence-electron chi connectivity index (χ1n) is 6.11. The number of hydrogen-bond acceptors (Lipinski definition) is 4. The van der Waals surface area contributed by atoms with E-state index in [1.54, 1.807) is 27.7 Å². The van der Waals surface area contributed by atoms with Gasteiger partial charge in [0, 0.05) is 0 Å². The zero-order valence-electron chi connectivity index (χ0n) is 12.9. The predicted molar refractivity (Wildman–Crippen MR) is 73.0 cm³/mol. The Morgan fingerprint density at radius 2 is 1.53 bits per heavy atom. The van der Waals surface area contributed by atoms with Gasteiger partial charge >= 0.3 is 12.1 Å². The maximum absolute atomic E-state index is 10.2. The van der Waals surface area contributed by atoms with Crippen molar-refractivity contribution >= 4 is 12.1 Å². The lowest BCUT2D eigenvalue weighted by atomic mass is 10.1. The van der Waals surface area contributed by atoms with Gasteiger partial charge < -0.3 is 20.3 Å². The Balaban J connectivity index is 0. The topological polar surface area (TPSA) is 98.9 Å². The molecule has 0 aliphatic carbocycles. The second-order valence-corrected chi connectivity index (χ2v) is 6.17. The molecule has 0 fully saturated rings. The van der Waals surface area contributed by atoms with Crippen molar-refractivity contribution in [2.75, 3.05) is 0 Å². The van der Waals surface area contributed by atoms with Crippen LogP contribution in [0, 0.1) is 0 Å². The maximum Gasteiger partial charge on any atom is 0.405 e. The number of rotatable bonds is 3. The van der Waals surface area contributed by atoms with Crippen molar-refractivity contribution in [2.45, 2.75) is 72.2 Å². The number of nitrogens with two attached hydrogens (primary N) is 1. The second kappa shape index (κ2) is 7.99. The normalized spacial score (nSPS) is 13.0. The quantitative estimate of drug-likeness (QED) is 0.825. The largest absolute Gasteiger partial charge is 0.481 e. The number of carbonyl (C=O) groups excluding carboxylic acids is 1. The van der Waals surface area contributed by atoms with Crippen LogP contribution in [0.5, 0.6) is 0 Å². The van der Waals surface area contributed by atoms with E-state index in [9.17, 15) is 9.59 Å². The molecule has 1 atom stereocenters. The minimum atomic E-state index is -0.818. The Morgan fingerprint density at radius 1 is 1.11 bits per heavy atom. The highest BCUT2D eigenvalue weighted by Gasteiger charge is 2.16. The van der Waals surface area contributed by atoms with E-state index in [4.69, 9.17) is 15.6 Å². The Labute approximate surface area is 115 Å². The molecule has 19 heavy (non-hydrogen) atoms. The number of primary amides is 1. The van der Waals surface area contributed by atoms with Crippen LogP contribution in [0.1, 0.15) is 54.9 Å². The fourth-order valence-electron chi connectivity index (χ4n) is 1.19. The average molecular weight is 277 g/mol. The maximum atomic E-state index is 10.2. The molecule has 3 N–H and O–H groups in total. The van der Waals surface area contributed by atoms with Gasteiger partial charge in [-0.15, -0.1) is 0 Å². The summed E-state index contributed by atoms with van der Waals surface area (Å²) >= 11 is 0. The molecule has 1 amide bonds. The van der Waals surface area contributed by atoms with Gasteiger partial charge in [-0.1, -0.05) is 0 Å². The summed E-state index contributed by atoms with van der Waals surface area (Å²) in [7, 11) is 0. The van der Waals surface area contributed by atoms with Crippen LogP contribution < -0.4 is 5.73 Å². The van der Waals surface area contributed by atoms with E-state index in [2.05, 4.69) is 4.74 Å². The molecular formula is C13H27NO5. The minimum Gasteiger partial charge on any atom is -0.481 e. The van der Waals surface area contributed by atoms with Crippen LogP contribution in [0.4, 0.5) is 4.79 Å². The summed E-state index contributed by atoms with van der Waals surface area (Å²) in [5.74, 6) is -0.818. The van der Waals surface area contributed by atoms with Crippen LogP contribution in [-0.2, 0) is 14.3 Å². The molecule has 0 heterocycles. The summed E-state index contributed by atoms with van der Waals surface area (Å²) in [6, 6.07) is 0. The minimum absolute atomic E-state index is 0.0667. The van der Waals surface area contributed by atoms with E-state index in [1.807, 2.05) is 20.8 Å². The zero-order chi connectivity index (χ0) is 15.9. The fraction of sp³-hybridized carbons (Fsp3) is 0.846. The molecule has 6 heteroatoms. The number of carbonyl (C=O) groups is 2. The summed E-state index contributed by atoms with van der Waals surface area (Å²) in [4.78, 5) is 20.2. The number of amides is 1. The number of carboxylic acid groups (broad SMARTS) is 1. The fourth-order valence-corrected chi connectivity index (χ4v) is 1.19. The van der Waals surface area contributed by atoms with Gasteiger partial charge in [0.15, 0.2) is 0 Å². The molecule has 0 radical (unpaired) electrons. The van der Waals surface area contributed by atoms with Gasteiger partial charge in [0.25, 0.3) is 0 Å². The van der Waals surface area contributed by atoms with Crippen LogP contribution in [0.15, 0.2) is 0 Å². The average Bonchev–Trinajstić information content (AvgIpc) is 1.91. The lowest BCUT2D eigenvalue weighted by Crippen LogP contribution is -2.27. The Bertz CT molecular complexity index is 288. The molecule has 0 rings (SSSR count). The van der Waals surface area contributed by atoms with Crippen LogP contribution in [-0.4, -0.2) is 34.5 Å². The van der Waals surface area contributed by atoms with E-state index in [-0.39, 0.29) is 18.1 Å². The first-order chi connectivity index (χ1) is 8.23. The summed E-state index contributed by atoms with van der Waals surface area (Å²) < 4.78 is 9.94. The third kappa shape index (κ3) is 22.4. The lowest BCUT2D eigenvalue weighted by molar-refractivity contribution is -0.142. The molecule has 1 unspecified atom stereocenters. The molecule has 6 nitrogen and oxygen atoms in total. The van der Waals surface area contributed by atoms with Gasteiger partial charge in [-0.05, 0) is 48.5 Å². The van der Waals surface area contributed by atoms with Crippen molar-refractivity contribution in [2.24, 2.45) is 5.73 Å². The highest BCUT2D eigenvalue weighted by atomic mass is 16.6. The van der Waals surface area contributed by atoms with E-state index in [0.717, 1.165) is 0 Å². The summed E-state index contributed by atoms with van der Waals surface area (Å²) in [5, 5.41) is 8.40. The monoisotopic (exact) mass is 277 g/mol. The van der Waals surface area contributed by atoms with Gasteiger partial charge in [-0.2, -0.15) is 0 Å². The van der Waals surface area contributed by atoms with E-state index >= 15 is 0 Å². The van der Waals surface area contributed by atoms with Crippen LogP contribution in [0.25, 0.3) is 0 Å². The van der Waals surface area contributed by atoms with E-state index in [0.29, 0.717) is 0 Å². The van der Waals surface area contributed by atoms with Crippen molar-refractivity contribution < 1.29 is 24.2 Å². The molecule has 0 spiro atoms. The van der Waals surface area contributed by atoms with Crippen molar-refractivity contribution in [1.82, 2.24) is 0 Å². The Hall–Kier alpha value is -1.30. The van der Waals surface area contributed by atoms with Crippen molar-refractivity contribution in [3.63, 3.8) is 0 Å². The summed E-state index contributed by atoms with van der Waals surface area (Å²) in [5.41, 5.74) is 4.01. The molecule has 0 aliphatic heterocycles. The van der Waals surface area contributed by atoms with E-state index in [1.165, 1.54) is 0 Å². The number of hydrogen-bond donors (Lipinski definition) is 2.